The molecule has 3 N–H and O–H groups in total. The highest BCUT2D eigenvalue weighted by atomic mass is 16.5. The van der Waals surface area contributed by atoms with Gasteiger partial charge in [-0.1, -0.05) is 35.9 Å². The molecule has 6 atom stereocenters. The van der Waals surface area contributed by atoms with E-state index in [0.717, 1.165) is 5.57 Å². The molecule has 0 radical (unpaired) electrons. The summed E-state index contributed by atoms with van der Waals surface area (Å²) in [4.78, 5) is 68.4. The van der Waals surface area contributed by atoms with Crippen molar-refractivity contribution in [1.82, 2.24) is 4.90 Å². The molecule has 0 spiro atoms. The Bertz CT molecular complexity index is 1480. The molecular weight excluding hydrogens is 502 g/mol. The number of amides is 6. The van der Waals surface area contributed by atoms with E-state index in [-0.39, 0.29) is 30.4 Å². The lowest BCUT2D eigenvalue weighted by molar-refractivity contribution is -0.136. The van der Waals surface area contributed by atoms with Gasteiger partial charge >= 0.3 is 6.03 Å². The number of carbonyl (C=O) groups excluding carboxylic acids is 5. The number of urea groups is 1. The van der Waals surface area contributed by atoms with Crippen LogP contribution in [0.15, 0.2) is 60.2 Å². The Labute approximate surface area is 224 Å². The van der Waals surface area contributed by atoms with Crippen LogP contribution < -0.4 is 15.4 Å². The Hall–Kier alpha value is -4.47. The molecule has 200 valence electrons. The van der Waals surface area contributed by atoms with Crippen LogP contribution in [0.4, 0.5) is 10.5 Å². The van der Waals surface area contributed by atoms with Crippen molar-refractivity contribution in [2.75, 3.05) is 12.0 Å². The molecule has 6 unspecified atom stereocenters. The number of hydrogen-bond acceptors (Lipinski definition) is 7. The van der Waals surface area contributed by atoms with E-state index in [0.29, 0.717) is 21.9 Å². The third-order valence-electron chi connectivity index (χ3n) is 9.04. The van der Waals surface area contributed by atoms with Crippen LogP contribution in [0.5, 0.6) is 11.5 Å². The van der Waals surface area contributed by atoms with E-state index in [1.807, 2.05) is 6.08 Å². The summed E-state index contributed by atoms with van der Waals surface area (Å²) in [5.41, 5.74) is 5.90. The molecule has 6 rings (SSSR count). The number of nitrogens with zero attached hydrogens (tertiary/aromatic N) is 2. The zero-order valence-corrected chi connectivity index (χ0v) is 21.4. The zero-order chi connectivity index (χ0) is 27.8. The van der Waals surface area contributed by atoms with Crippen LogP contribution in [-0.2, 0) is 19.2 Å². The molecule has 4 aliphatic rings. The lowest BCUT2D eigenvalue weighted by Crippen LogP contribution is -2.49. The molecule has 0 aromatic heterocycles. The summed E-state index contributed by atoms with van der Waals surface area (Å²) in [5.74, 6) is -5.54. The molecule has 2 aliphatic heterocycles. The summed E-state index contributed by atoms with van der Waals surface area (Å²) >= 11 is 0. The number of anilines is 1. The number of methoxy groups -OCH3 is 1. The number of likely N-dealkylation sites (tertiary alicyclic amines) is 1. The predicted octanol–water partition coefficient (Wildman–Crippen LogP) is 2.71. The summed E-state index contributed by atoms with van der Waals surface area (Å²) < 4.78 is 5.61. The van der Waals surface area contributed by atoms with Crippen molar-refractivity contribution in [3.63, 3.8) is 0 Å². The first-order chi connectivity index (χ1) is 18.6. The number of phenols is 1. The maximum absolute atomic E-state index is 14.3. The van der Waals surface area contributed by atoms with Gasteiger partial charge < -0.3 is 15.6 Å². The third-order valence-corrected chi connectivity index (χ3v) is 9.04. The Kier molecular flexibility index (Phi) is 5.43. The minimum absolute atomic E-state index is 0.0317. The quantitative estimate of drug-likeness (QED) is 0.459. The van der Waals surface area contributed by atoms with Gasteiger partial charge in [-0.3, -0.25) is 19.2 Å². The van der Waals surface area contributed by atoms with Crippen LogP contribution in [0.25, 0.3) is 0 Å². The zero-order valence-electron chi connectivity index (χ0n) is 21.4. The van der Waals surface area contributed by atoms with Crippen LogP contribution >= 0.6 is 0 Å². The van der Waals surface area contributed by atoms with E-state index in [2.05, 4.69) is 0 Å². The molecule has 1 saturated carbocycles. The average Bonchev–Trinajstić information content (AvgIpc) is 3.29. The highest BCUT2D eigenvalue weighted by Gasteiger charge is 2.68. The molecule has 2 aliphatic carbocycles. The molecule has 10 heteroatoms. The first kappa shape index (κ1) is 24.8. The number of hydrogen-bond donors (Lipinski definition) is 2. The number of primary amides is 1. The summed E-state index contributed by atoms with van der Waals surface area (Å²) in [6, 6.07) is 12.1. The molecule has 10 nitrogen and oxygen atoms in total. The van der Waals surface area contributed by atoms with Gasteiger partial charge in [0, 0.05) is 17.5 Å². The topological polar surface area (TPSA) is 147 Å². The molecule has 39 heavy (non-hydrogen) atoms. The van der Waals surface area contributed by atoms with Crippen molar-refractivity contribution in [2.24, 2.45) is 34.8 Å². The van der Waals surface area contributed by atoms with E-state index in [1.54, 1.807) is 43.3 Å². The molecule has 2 heterocycles. The molecule has 0 bridgehead atoms. The maximum atomic E-state index is 14.3. The molecular formula is C29H27N3O7. The Morgan fingerprint density at radius 1 is 1.03 bits per heavy atom. The number of carbonyl (C=O) groups is 5. The molecule has 3 fully saturated rings. The second-order valence-corrected chi connectivity index (χ2v) is 10.8. The number of rotatable bonds is 3. The number of benzene rings is 2. The Morgan fingerprint density at radius 2 is 1.74 bits per heavy atom. The van der Waals surface area contributed by atoms with Gasteiger partial charge in [0.25, 0.3) is 0 Å². The van der Waals surface area contributed by atoms with E-state index < -0.39 is 52.8 Å². The lowest BCUT2D eigenvalue weighted by Gasteiger charge is -2.49. The number of aromatic hydroxyl groups is 1. The molecule has 2 aromatic rings. The normalized spacial score (nSPS) is 31.5. The Morgan fingerprint density at radius 3 is 2.41 bits per heavy atom. The average molecular weight is 530 g/mol. The summed E-state index contributed by atoms with van der Waals surface area (Å²) in [6.45, 7) is 1.76. The van der Waals surface area contributed by atoms with Crippen LogP contribution in [-0.4, -0.2) is 46.8 Å². The van der Waals surface area contributed by atoms with Gasteiger partial charge in [0.05, 0.1) is 36.0 Å². The number of phenolic OH excluding ortho intramolecular Hbond substituents is 1. The monoisotopic (exact) mass is 529 g/mol. The fourth-order valence-electron chi connectivity index (χ4n) is 7.34. The first-order valence-electron chi connectivity index (χ1n) is 12.8. The van der Waals surface area contributed by atoms with Crippen molar-refractivity contribution in [3.8, 4) is 11.5 Å². The summed E-state index contributed by atoms with van der Waals surface area (Å²) in [7, 11) is 1.45. The fourth-order valence-corrected chi connectivity index (χ4v) is 7.34. The molecule has 6 amide bonds. The van der Waals surface area contributed by atoms with Crippen molar-refractivity contribution >= 4 is 35.3 Å². The van der Waals surface area contributed by atoms with E-state index in [4.69, 9.17) is 10.5 Å². The summed E-state index contributed by atoms with van der Waals surface area (Å²) in [6.07, 6.45) is 2.20. The second-order valence-electron chi connectivity index (χ2n) is 10.8. The number of allylic oxidation sites excluding steroid dienone is 2. The second kappa shape index (κ2) is 8.52. The van der Waals surface area contributed by atoms with E-state index in [1.165, 1.54) is 24.1 Å². The number of fused-ring (bicyclic) bond motifs is 4. The van der Waals surface area contributed by atoms with Gasteiger partial charge in [-0.15, -0.1) is 0 Å². The molecule has 2 saturated heterocycles. The van der Waals surface area contributed by atoms with Crippen LogP contribution in [0.1, 0.15) is 31.2 Å². The van der Waals surface area contributed by atoms with Crippen molar-refractivity contribution < 1.29 is 33.8 Å². The van der Waals surface area contributed by atoms with Crippen molar-refractivity contribution in [3.05, 3.63) is 65.7 Å². The summed E-state index contributed by atoms with van der Waals surface area (Å²) in [5, 5.41) is 10.1. The third kappa shape index (κ3) is 3.23. The smallest absolute Gasteiger partial charge is 0.328 e. The van der Waals surface area contributed by atoms with Crippen LogP contribution in [0.2, 0.25) is 0 Å². The molecule has 2 aromatic carbocycles. The number of ether oxygens (including phenoxy) is 1. The largest absolute Gasteiger partial charge is 0.508 e. The minimum atomic E-state index is -1.25. The van der Waals surface area contributed by atoms with Crippen LogP contribution in [0, 0.1) is 29.1 Å². The highest BCUT2D eigenvalue weighted by molar-refractivity contribution is 6.24. The van der Waals surface area contributed by atoms with E-state index in [9.17, 15) is 29.1 Å². The standard InChI is InChI=1S/C29H27N3O7/c1-29-20(25(35)31(27(29)37)14-6-4-3-5-7-14)13-19-16(23(29)17-9-8-15(33)12-21(17)39-2)10-11-18-22(19)26(36)32(24(18)34)28(30)38/h3-10,12,18-20,22-23,33H,11,13H2,1-2H3,(H2,30,38). The lowest BCUT2D eigenvalue weighted by atomic mass is 9.51. The highest BCUT2D eigenvalue weighted by Crippen LogP contribution is 2.64. The van der Waals surface area contributed by atoms with Gasteiger partial charge in [-0.05, 0) is 43.9 Å². The van der Waals surface area contributed by atoms with Gasteiger partial charge in [0.2, 0.25) is 23.6 Å². The van der Waals surface area contributed by atoms with Gasteiger partial charge in [0.1, 0.15) is 11.5 Å². The van der Waals surface area contributed by atoms with Crippen molar-refractivity contribution in [1.29, 1.82) is 0 Å². The SMILES string of the molecule is COc1cc(O)ccc1C1C2=CCC3C(=O)N(C(N)=O)C(=O)C3C2CC2C(=O)N(c3ccccc3)C(=O)C21C. The predicted molar refractivity (Wildman–Crippen MR) is 137 cm³/mol. The van der Waals surface area contributed by atoms with E-state index >= 15 is 0 Å². The number of para-hydroxylation sites is 1. The van der Waals surface area contributed by atoms with Gasteiger partial charge in [-0.25, -0.2) is 9.69 Å². The fraction of sp³-hybridized carbons (Fsp3) is 0.345. The first-order valence-corrected chi connectivity index (χ1v) is 12.8. The van der Waals surface area contributed by atoms with Crippen LogP contribution in [0.3, 0.4) is 0 Å². The minimum Gasteiger partial charge on any atom is -0.508 e. The number of imide groups is 4. The van der Waals surface area contributed by atoms with Gasteiger partial charge in [-0.2, -0.15) is 4.90 Å². The van der Waals surface area contributed by atoms with Crippen molar-refractivity contribution in [2.45, 2.75) is 25.7 Å². The number of nitrogens with two attached hydrogens (primary N) is 1. The Balaban J connectivity index is 1.56. The maximum Gasteiger partial charge on any atom is 0.328 e. The van der Waals surface area contributed by atoms with Gasteiger partial charge in [0.15, 0.2) is 0 Å².